The second-order valence-electron chi connectivity index (χ2n) is 5.42. The monoisotopic (exact) mass is 297 g/mol. The van der Waals surface area contributed by atoms with Gasteiger partial charge in [-0.1, -0.05) is 18.2 Å². The van der Waals surface area contributed by atoms with Crippen molar-refractivity contribution in [2.45, 2.75) is 25.3 Å². The van der Waals surface area contributed by atoms with Crippen LogP contribution in [0.2, 0.25) is 0 Å². The molecule has 1 aliphatic rings. The Morgan fingerprint density at radius 3 is 3.10 bits per heavy atom. The molecule has 1 amide bonds. The summed E-state index contributed by atoms with van der Waals surface area (Å²) in [6.45, 7) is 0.536. The molecule has 106 valence electrons. The van der Waals surface area contributed by atoms with Crippen LogP contribution >= 0.6 is 11.3 Å². The number of nitrogens with zero attached hydrogens (tertiary/aromatic N) is 1. The van der Waals surface area contributed by atoms with E-state index in [1.165, 1.54) is 22.9 Å². The van der Waals surface area contributed by atoms with Crippen molar-refractivity contribution in [2.75, 3.05) is 0 Å². The Labute approximate surface area is 126 Å². The Hall–Kier alpha value is -2.14. The number of aromatic amines is 1. The van der Waals surface area contributed by atoms with Gasteiger partial charge in [-0.05, 0) is 41.3 Å². The summed E-state index contributed by atoms with van der Waals surface area (Å²) in [4.78, 5) is 12.1. The summed E-state index contributed by atoms with van der Waals surface area (Å²) in [6, 6.07) is 10.1. The zero-order chi connectivity index (χ0) is 14.2. The van der Waals surface area contributed by atoms with Gasteiger partial charge in [0, 0.05) is 22.9 Å². The highest BCUT2D eigenvalue weighted by atomic mass is 32.1. The van der Waals surface area contributed by atoms with Crippen molar-refractivity contribution in [1.82, 2.24) is 15.5 Å². The van der Waals surface area contributed by atoms with E-state index in [1.807, 2.05) is 18.2 Å². The van der Waals surface area contributed by atoms with Gasteiger partial charge < -0.3 is 5.32 Å². The highest BCUT2D eigenvalue weighted by Crippen LogP contribution is 2.39. The highest BCUT2D eigenvalue weighted by Gasteiger charge is 2.26. The van der Waals surface area contributed by atoms with Crippen LogP contribution in [0, 0.1) is 0 Å². The topological polar surface area (TPSA) is 57.8 Å². The minimum absolute atomic E-state index is 0.117. The van der Waals surface area contributed by atoms with Crippen molar-refractivity contribution in [3.8, 4) is 0 Å². The third-order valence-corrected chi connectivity index (χ3v) is 4.86. The molecule has 0 spiro atoms. The van der Waals surface area contributed by atoms with Gasteiger partial charge >= 0.3 is 0 Å². The van der Waals surface area contributed by atoms with E-state index in [9.17, 15) is 4.79 Å². The van der Waals surface area contributed by atoms with Crippen LogP contribution in [0.15, 0.2) is 35.7 Å². The number of aromatic nitrogens is 2. The summed E-state index contributed by atoms with van der Waals surface area (Å²) >= 11 is 1.70. The minimum atomic E-state index is -0.117. The molecule has 5 heteroatoms. The van der Waals surface area contributed by atoms with Crippen molar-refractivity contribution in [3.63, 3.8) is 0 Å². The molecule has 0 unspecified atom stereocenters. The van der Waals surface area contributed by atoms with Crippen molar-refractivity contribution in [2.24, 2.45) is 0 Å². The summed E-state index contributed by atoms with van der Waals surface area (Å²) in [5.74, 6) is 0.466. The second kappa shape index (κ2) is 5.00. The van der Waals surface area contributed by atoms with Gasteiger partial charge in [0.25, 0.3) is 5.91 Å². The molecule has 3 aromatic rings. The maximum Gasteiger partial charge on any atom is 0.272 e. The smallest absolute Gasteiger partial charge is 0.272 e. The molecule has 1 aromatic carbocycles. The van der Waals surface area contributed by atoms with E-state index in [4.69, 9.17) is 0 Å². The lowest BCUT2D eigenvalue weighted by atomic mass is 10.2. The summed E-state index contributed by atoms with van der Waals surface area (Å²) in [7, 11) is 0. The molecule has 0 saturated heterocycles. The molecule has 2 aromatic heterocycles. The van der Waals surface area contributed by atoms with Gasteiger partial charge in [-0.25, -0.2) is 0 Å². The molecular weight excluding hydrogens is 282 g/mol. The molecule has 1 aliphatic carbocycles. The van der Waals surface area contributed by atoms with Gasteiger partial charge in [0.15, 0.2) is 0 Å². The summed E-state index contributed by atoms with van der Waals surface area (Å²) in [5, 5.41) is 13.3. The van der Waals surface area contributed by atoms with Gasteiger partial charge in [-0.3, -0.25) is 9.89 Å². The molecule has 0 radical (unpaired) electrons. The number of nitrogens with one attached hydrogen (secondary N) is 2. The van der Waals surface area contributed by atoms with Crippen molar-refractivity contribution >= 4 is 27.3 Å². The normalized spacial score (nSPS) is 14.5. The molecule has 0 bridgehead atoms. The fourth-order valence-corrected chi connectivity index (χ4v) is 3.45. The summed E-state index contributed by atoms with van der Waals surface area (Å²) < 4.78 is 1.25. The number of carbonyl (C=O) groups is 1. The molecule has 0 aliphatic heterocycles. The van der Waals surface area contributed by atoms with Gasteiger partial charge in [0.05, 0.1) is 0 Å². The summed E-state index contributed by atoms with van der Waals surface area (Å²) in [5.41, 5.74) is 2.72. The molecule has 1 fully saturated rings. The first-order chi connectivity index (χ1) is 10.3. The molecule has 1 saturated carbocycles. The van der Waals surface area contributed by atoms with Crippen molar-refractivity contribution in [3.05, 3.63) is 52.7 Å². The number of benzene rings is 1. The van der Waals surface area contributed by atoms with Crippen LogP contribution in [0.5, 0.6) is 0 Å². The van der Waals surface area contributed by atoms with Crippen LogP contribution < -0.4 is 5.32 Å². The predicted octanol–water partition coefficient (Wildman–Crippen LogP) is 3.43. The third-order valence-electron chi connectivity index (χ3n) is 3.85. The average molecular weight is 297 g/mol. The number of amides is 1. The lowest BCUT2D eigenvalue weighted by Crippen LogP contribution is -2.22. The fraction of sp³-hybridized carbons (Fsp3) is 0.250. The maximum absolute atomic E-state index is 12.1. The molecule has 0 atom stereocenters. The number of carbonyl (C=O) groups excluding carboxylic acids is 1. The fourth-order valence-electron chi connectivity index (χ4n) is 2.49. The third kappa shape index (κ3) is 2.45. The Bertz CT molecular complexity index is 801. The first-order valence-electron chi connectivity index (χ1n) is 7.10. The number of hydrogen-bond donors (Lipinski definition) is 2. The number of hydrogen-bond acceptors (Lipinski definition) is 3. The van der Waals surface area contributed by atoms with Crippen LogP contribution in [-0.4, -0.2) is 16.1 Å². The van der Waals surface area contributed by atoms with Crippen LogP contribution in [0.4, 0.5) is 0 Å². The van der Waals surface area contributed by atoms with Crippen LogP contribution in [0.1, 0.15) is 40.5 Å². The predicted molar refractivity (Wildman–Crippen MR) is 83.6 cm³/mol. The Balaban J connectivity index is 1.46. The number of thiophene rings is 1. The van der Waals surface area contributed by atoms with Gasteiger partial charge in [-0.15, -0.1) is 11.3 Å². The van der Waals surface area contributed by atoms with Gasteiger partial charge in [-0.2, -0.15) is 5.10 Å². The van der Waals surface area contributed by atoms with Crippen LogP contribution in [0.25, 0.3) is 10.1 Å². The van der Waals surface area contributed by atoms with E-state index < -0.39 is 0 Å². The summed E-state index contributed by atoms with van der Waals surface area (Å²) in [6.07, 6.45) is 2.40. The largest absolute Gasteiger partial charge is 0.347 e. The van der Waals surface area contributed by atoms with E-state index in [2.05, 4.69) is 33.0 Å². The quantitative estimate of drug-likeness (QED) is 0.775. The zero-order valence-corrected chi connectivity index (χ0v) is 12.2. The van der Waals surface area contributed by atoms with Crippen molar-refractivity contribution in [1.29, 1.82) is 0 Å². The first-order valence-corrected chi connectivity index (χ1v) is 7.98. The lowest BCUT2D eigenvalue weighted by Gasteiger charge is -2.02. The maximum atomic E-state index is 12.1. The van der Waals surface area contributed by atoms with Crippen LogP contribution in [-0.2, 0) is 6.54 Å². The number of fused-ring (bicyclic) bond motifs is 1. The van der Waals surface area contributed by atoms with Gasteiger partial charge in [0.2, 0.25) is 0 Å². The van der Waals surface area contributed by atoms with E-state index in [0.29, 0.717) is 18.2 Å². The van der Waals surface area contributed by atoms with E-state index in [0.717, 1.165) is 11.3 Å². The van der Waals surface area contributed by atoms with E-state index >= 15 is 0 Å². The highest BCUT2D eigenvalue weighted by molar-refractivity contribution is 7.17. The SMILES string of the molecule is O=C(NCc1csc2ccccc12)c1cc(C2CC2)[nH]n1. The van der Waals surface area contributed by atoms with E-state index in [-0.39, 0.29) is 5.91 Å². The minimum Gasteiger partial charge on any atom is -0.347 e. The average Bonchev–Trinajstić information content (AvgIpc) is 3.11. The molecular formula is C16H15N3OS. The molecule has 21 heavy (non-hydrogen) atoms. The first kappa shape index (κ1) is 12.6. The second-order valence-corrected chi connectivity index (χ2v) is 6.33. The van der Waals surface area contributed by atoms with E-state index in [1.54, 1.807) is 11.3 Å². The number of rotatable bonds is 4. The Morgan fingerprint density at radius 1 is 1.38 bits per heavy atom. The van der Waals surface area contributed by atoms with Gasteiger partial charge in [0.1, 0.15) is 5.69 Å². The molecule has 2 heterocycles. The molecule has 2 N–H and O–H groups in total. The number of H-pyrrole nitrogens is 1. The lowest BCUT2D eigenvalue weighted by molar-refractivity contribution is 0.0946. The Morgan fingerprint density at radius 2 is 2.24 bits per heavy atom. The zero-order valence-electron chi connectivity index (χ0n) is 11.4. The standard InChI is InChI=1S/C16H15N3OS/c20-16(14-7-13(18-19-14)10-5-6-10)17-8-11-9-21-15-4-2-1-3-12(11)15/h1-4,7,9-10H,5-6,8H2,(H,17,20)(H,18,19). The van der Waals surface area contributed by atoms with Crippen molar-refractivity contribution < 1.29 is 4.79 Å². The molecule has 4 rings (SSSR count). The van der Waals surface area contributed by atoms with Crippen LogP contribution in [0.3, 0.4) is 0 Å². The molecule has 4 nitrogen and oxygen atoms in total. The Kier molecular flexibility index (Phi) is 3.00.